The van der Waals surface area contributed by atoms with Crippen LogP contribution in [0.2, 0.25) is 0 Å². The van der Waals surface area contributed by atoms with Crippen molar-refractivity contribution in [1.29, 1.82) is 0 Å². The maximum absolute atomic E-state index is 12.5. The molecule has 0 saturated heterocycles. The number of para-hydroxylation sites is 1. The van der Waals surface area contributed by atoms with Crippen LogP contribution >= 0.6 is 39.0 Å². The fourth-order valence-electron chi connectivity index (χ4n) is 2.68. The lowest BCUT2D eigenvalue weighted by atomic mass is 10.0. The van der Waals surface area contributed by atoms with E-state index in [2.05, 4.69) is 27.0 Å². The summed E-state index contributed by atoms with van der Waals surface area (Å²) >= 11 is 6.62. The van der Waals surface area contributed by atoms with Crippen LogP contribution in [0.15, 0.2) is 80.4 Å². The van der Waals surface area contributed by atoms with Gasteiger partial charge >= 0.3 is 0 Å². The van der Waals surface area contributed by atoms with Crippen LogP contribution in [0.1, 0.15) is 15.9 Å². The van der Waals surface area contributed by atoms with Crippen molar-refractivity contribution >= 4 is 55.0 Å². The van der Waals surface area contributed by atoms with Gasteiger partial charge in [-0.2, -0.15) is 0 Å². The van der Waals surface area contributed by atoms with Gasteiger partial charge in [0.05, 0.1) is 15.8 Å². The molecular formula is C21H14BrNO2S2. The molecule has 4 aromatic rings. The minimum absolute atomic E-state index is 0.00575. The molecule has 0 atom stereocenters. The van der Waals surface area contributed by atoms with Gasteiger partial charge in [-0.15, -0.1) is 11.3 Å². The van der Waals surface area contributed by atoms with Crippen LogP contribution in [0.5, 0.6) is 5.75 Å². The molecule has 6 heteroatoms. The molecule has 3 nitrogen and oxygen atoms in total. The van der Waals surface area contributed by atoms with Gasteiger partial charge in [0.1, 0.15) is 5.75 Å². The van der Waals surface area contributed by atoms with Crippen LogP contribution in [0, 0.1) is 0 Å². The minimum atomic E-state index is -0.111. The first-order chi connectivity index (χ1) is 13.1. The van der Waals surface area contributed by atoms with Gasteiger partial charge in [0, 0.05) is 15.8 Å². The standard InChI is InChI=1S/C21H14BrNO2S2/c22-14-7-10-18(24)16(12-14)19(25)11-13-5-8-15(9-6-13)26-21-23-17-3-1-2-4-20(17)27-21/h1-10,12,24H,11H2. The molecule has 0 aliphatic carbocycles. The van der Waals surface area contributed by atoms with E-state index in [0.717, 1.165) is 24.8 Å². The summed E-state index contributed by atoms with van der Waals surface area (Å²) in [5, 5.41) is 9.90. The van der Waals surface area contributed by atoms with Gasteiger partial charge in [0.25, 0.3) is 0 Å². The number of carbonyl (C=O) groups is 1. The molecule has 1 heterocycles. The number of thiazole rings is 1. The summed E-state index contributed by atoms with van der Waals surface area (Å²) in [4.78, 5) is 18.2. The molecule has 1 N–H and O–H groups in total. The Morgan fingerprint density at radius 3 is 2.63 bits per heavy atom. The highest BCUT2D eigenvalue weighted by molar-refractivity contribution is 9.10. The molecule has 1 aromatic heterocycles. The van der Waals surface area contributed by atoms with E-state index in [4.69, 9.17) is 0 Å². The van der Waals surface area contributed by atoms with Crippen molar-refractivity contribution in [3.63, 3.8) is 0 Å². The van der Waals surface area contributed by atoms with E-state index >= 15 is 0 Å². The van der Waals surface area contributed by atoms with Crippen LogP contribution in [0.3, 0.4) is 0 Å². The third-order valence-corrected chi connectivity index (χ3v) is 6.62. The molecule has 4 rings (SSSR count). The van der Waals surface area contributed by atoms with Crippen molar-refractivity contribution in [2.45, 2.75) is 15.7 Å². The van der Waals surface area contributed by atoms with Crippen LogP contribution in [-0.2, 0) is 6.42 Å². The number of hydrogen-bond acceptors (Lipinski definition) is 5. The maximum Gasteiger partial charge on any atom is 0.170 e. The Morgan fingerprint density at radius 1 is 1.07 bits per heavy atom. The number of benzene rings is 3. The number of carbonyl (C=O) groups excluding carboxylic acids is 1. The van der Waals surface area contributed by atoms with Crippen LogP contribution < -0.4 is 0 Å². The first-order valence-corrected chi connectivity index (χ1v) is 10.7. The summed E-state index contributed by atoms with van der Waals surface area (Å²) in [6.07, 6.45) is 0.246. The van der Waals surface area contributed by atoms with E-state index in [0.29, 0.717) is 5.56 Å². The number of nitrogens with zero attached hydrogens (tertiary/aromatic N) is 1. The molecule has 0 aliphatic rings. The van der Waals surface area contributed by atoms with Gasteiger partial charge < -0.3 is 5.11 Å². The van der Waals surface area contributed by atoms with E-state index in [-0.39, 0.29) is 18.0 Å². The normalized spacial score (nSPS) is 11.0. The number of fused-ring (bicyclic) bond motifs is 1. The average Bonchev–Trinajstić information content (AvgIpc) is 3.07. The van der Waals surface area contributed by atoms with Crippen molar-refractivity contribution in [1.82, 2.24) is 4.98 Å². The molecule has 0 unspecified atom stereocenters. The molecule has 0 amide bonds. The molecule has 0 bridgehead atoms. The summed E-state index contributed by atoms with van der Waals surface area (Å²) < 4.78 is 2.95. The number of phenols is 1. The Labute approximate surface area is 173 Å². The predicted molar refractivity (Wildman–Crippen MR) is 114 cm³/mol. The third-order valence-electron chi connectivity index (χ3n) is 4.03. The lowest BCUT2D eigenvalue weighted by Gasteiger charge is -2.06. The zero-order valence-electron chi connectivity index (χ0n) is 14.1. The highest BCUT2D eigenvalue weighted by Gasteiger charge is 2.13. The molecule has 27 heavy (non-hydrogen) atoms. The second kappa shape index (κ2) is 7.84. The second-order valence-electron chi connectivity index (χ2n) is 5.95. The summed E-state index contributed by atoms with van der Waals surface area (Å²) in [6.45, 7) is 0. The Balaban J connectivity index is 1.47. The minimum Gasteiger partial charge on any atom is -0.507 e. The van der Waals surface area contributed by atoms with E-state index in [1.54, 1.807) is 35.2 Å². The molecular weight excluding hydrogens is 442 g/mol. The number of ketones is 1. The molecule has 0 fully saturated rings. The average molecular weight is 456 g/mol. The van der Waals surface area contributed by atoms with Crippen molar-refractivity contribution in [3.8, 4) is 5.75 Å². The summed E-state index contributed by atoms with van der Waals surface area (Å²) in [7, 11) is 0. The highest BCUT2D eigenvalue weighted by atomic mass is 79.9. The van der Waals surface area contributed by atoms with Gasteiger partial charge in [0.2, 0.25) is 0 Å². The molecule has 3 aromatic carbocycles. The van der Waals surface area contributed by atoms with E-state index in [1.165, 1.54) is 10.8 Å². The molecule has 0 saturated carbocycles. The number of rotatable bonds is 5. The number of phenolic OH excluding ortho intramolecular Hbond substituents is 1. The maximum atomic E-state index is 12.5. The number of hydrogen-bond donors (Lipinski definition) is 1. The fourth-order valence-corrected chi connectivity index (χ4v) is 5.08. The van der Waals surface area contributed by atoms with Crippen LogP contribution in [0.25, 0.3) is 10.2 Å². The summed E-state index contributed by atoms with van der Waals surface area (Å²) in [6, 6.07) is 20.9. The topological polar surface area (TPSA) is 50.2 Å². The Kier molecular flexibility index (Phi) is 5.29. The molecule has 134 valence electrons. The first-order valence-electron chi connectivity index (χ1n) is 8.22. The summed E-state index contributed by atoms with van der Waals surface area (Å²) in [5.41, 5.74) is 2.26. The van der Waals surface area contributed by atoms with Crippen molar-refractivity contribution < 1.29 is 9.90 Å². The number of aromatic nitrogens is 1. The fraction of sp³-hybridized carbons (Fsp3) is 0.0476. The zero-order valence-corrected chi connectivity index (χ0v) is 17.3. The Hall–Kier alpha value is -2.15. The molecule has 0 spiro atoms. The Bertz CT molecular complexity index is 1090. The van der Waals surface area contributed by atoms with Gasteiger partial charge in [-0.05, 0) is 48.0 Å². The van der Waals surface area contributed by atoms with Gasteiger partial charge in [-0.25, -0.2) is 4.98 Å². The number of aromatic hydroxyl groups is 1. The second-order valence-corrected chi connectivity index (χ2v) is 9.22. The lowest BCUT2D eigenvalue weighted by Crippen LogP contribution is -2.04. The quantitative estimate of drug-likeness (QED) is 0.356. The smallest absolute Gasteiger partial charge is 0.170 e. The first kappa shape index (κ1) is 18.2. The lowest BCUT2D eigenvalue weighted by molar-refractivity contribution is 0.0990. The molecule has 0 radical (unpaired) electrons. The SMILES string of the molecule is O=C(Cc1ccc(Sc2nc3ccccc3s2)cc1)c1cc(Br)ccc1O. The number of halogens is 1. The van der Waals surface area contributed by atoms with Gasteiger partial charge in [-0.3, -0.25) is 4.79 Å². The van der Waals surface area contributed by atoms with Gasteiger partial charge in [0.15, 0.2) is 10.1 Å². The van der Waals surface area contributed by atoms with Gasteiger partial charge in [-0.1, -0.05) is 52.0 Å². The number of Topliss-reactive ketones (excluding diaryl/α,β-unsaturated/α-hetero) is 1. The van der Waals surface area contributed by atoms with Crippen LogP contribution in [-0.4, -0.2) is 15.9 Å². The Morgan fingerprint density at radius 2 is 1.85 bits per heavy atom. The van der Waals surface area contributed by atoms with E-state index < -0.39 is 0 Å². The van der Waals surface area contributed by atoms with Crippen LogP contribution in [0.4, 0.5) is 0 Å². The van der Waals surface area contributed by atoms with Crippen molar-refractivity contribution in [2.24, 2.45) is 0 Å². The van der Waals surface area contributed by atoms with E-state index in [9.17, 15) is 9.90 Å². The van der Waals surface area contributed by atoms with Crippen molar-refractivity contribution in [2.75, 3.05) is 0 Å². The third kappa shape index (κ3) is 4.24. The highest BCUT2D eigenvalue weighted by Crippen LogP contribution is 2.34. The largest absolute Gasteiger partial charge is 0.507 e. The predicted octanol–water partition coefficient (Wildman–Crippen LogP) is 6.34. The van der Waals surface area contributed by atoms with E-state index in [1.807, 2.05) is 42.5 Å². The summed E-state index contributed by atoms with van der Waals surface area (Å²) in [5.74, 6) is -0.105. The van der Waals surface area contributed by atoms with Crippen molar-refractivity contribution in [3.05, 3.63) is 82.3 Å². The molecule has 0 aliphatic heterocycles. The zero-order chi connectivity index (χ0) is 18.8. The monoisotopic (exact) mass is 455 g/mol.